The number of benzene rings is 2. The van der Waals surface area contributed by atoms with Crippen LogP contribution in [0.4, 0.5) is 4.79 Å². The molecule has 0 aliphatic rings. The van der Waals surface area contributed by atoms with Crippen molar-refractivity contribution in [2.24, 2.45) is 0 Å². The minimum absolute atomic E-state index is 0.0614. The molecule has 0 spiro atoms. The maximum Gasteiger partial charge on any atom is 0.408 e. The summed E-state index contributed by atoms with van der Waals surface area (Å²) < 4.78 is 9.88. The van der Waals surface area contributed by atoms with Crippen molar-refractivity contribution < 1.29 is 33.8 Å². The van der Waals surface area contributed by atoms with E-state index in [-0.39, 0.29) is 25.4 Å². The zero-order valence-corrected chi connectivity index (χ0v) is 20.4. The quantitative estimate of drug-likeness (QED) is 0.440. The van der Waals surface area contributed by atoms with Crippen LogP contribution in [0.2, 0.25) is 0 Å². The first-order valence-electron chi connectivity index (χ1n) is 11.2. The van der Waals surface area contributed by atoms with Crippen LogP contribution in [0.3, 0.4) is 0 Å². The van der Waals surface area contributed by atoms with E-state index in [1.807, 2.05) is 36.4 Å². The molecule has 0 aromatic heterocycles. The Kier molecular flexibility index (Phi) is 9.81. The van der Waals surface area contributed by atoms with Gasteiger partial charge in [-0.1, -0.05) is 36.4 Å². The molecule has 0 heterocycles. The summed E-state index contributed by atoms with van der Waals surface area (Å²) in [5.41, 5.74) is 2.68. The minimum Gasteiger partial charge on any atom is -0.481 e. The van der Waals surface area contributed by atoms with Crippen molar-refractivity contribution in [2.45, 2.75) is 58.2 Å². The monoisotopic (exact) mass is 484 g/mol. The summed E-state index contributed by atoms with van der Waals surface area (Å²) in [5.74, 6) is -1.94. The normalized spacial score (nSPS) is 11.8. The Balaban J connectivity index is 1.93. The van der Waals surface area contributed by atoms with E-state index in [0.29, 0.717) is 12.0 Å². The zero-order chi connectivity index (χ0) is 26.0. The second-order valence-corrected chi connectivity index (χ2v) is 9.03. The van der Waals surface area contributed by atoms with Crippen molar-refractivity contribution in [1.82, 2.24) is 10.6 Å². The number of alkyl carbamates (subject to hydrolysis) is 1. The van der Waals surface area contributed by atoms with E-state index >= 15 is 0 Å². The van der Waals surface area contributed by atoms with Crippen molar-refractivity contribution in [3.63, 3.8) is 0 Å². The first-order chi connectivity index (χ1) is 16.5. The summed E-state index contributed by atoms with van der Waals surface area (Å²) in [6, 6.07) is 13.8. The van der Waals surface area contributed by atoms with Gasteiger partial charge in [0, 0.05) is 13.0 Å². The van der Waals surface area contributed by atoms with Crippen LogP contribution in [0.1, 0.15) is 60.7 Å². The highest BCUT2D eigenvalue weighted by Gasteiger charge is 2.24. The Morgan fingerprint density at radius 3 is 1.97 bits per heavy atom. The lowest BCUT2D eigenvalue weighted by Crippen LogP contribution is -2.48. The molecule has 188 valence electrons. The van der Waals surface area contributed by atoms with Gasteiger partial charge in [0.15, 0.2) is 0 Å². The average molecular weight is 485 g/mol. The topological polar surface area (TPSA) is 131 Å². The van der Waals surface area contributed by atoms with Crippen molar-refractivity contribution in [3.8, 4) is 0 Å². The van der Waals surface area contributed by atoms with Gasteiger partial charge in [0.25, 0.3) is 0 Å². The SMILES string of the molecule is COC(=O)c1ccc(Cc2ccc(CNC(=O)[C@H](CCC(=O)O)NC(=O)OC(C)(C)C)cc2)cc1. The van der Waals surface area contributed by atoms with Crippen LogP contribution in [-0.2, 0) is 32.0 Å². The fraction of sp³-hybridized carbons (Fsp3) is 0.385. The van der Waals surface area contributed by atoms with Crippen LogP contribution < -0.4 is 10.6 Å². The van der Waals surface area contributed by atoms with Gasteiger partial charge in [-0.2, -0.15) is 0 Å². The van der Waals surface area contributed by atoms with Crippen LogP contribution >= 0.6 is 0 Å². The highest BCUT2D eigenvalue weighted by Crippen LogP contribution is 2.13. The maximum absolute atomic E-state index is 12.6. The minimum atomic E-state index is -1.07. The molecule has 0 bridgehead atoms. The lowest BCUT2D eigenvalue weighted by atomic mass is 10.0. The fourth-order valence-corrected chi connectivity index (χ4v) is 3.19. The predicted molar refractivity (Wildman–Crippen MR) is 129 cm³/mol. The van der Waals surface area contributed by atoms with Gasteiger partial charge in [0.2, 0.25) is 5.91 Å². The first kappa shape index (κ1) is 27.4. The van der Waals surface area contributed by atoms with Crippen LogP contribution in [0.25, 0.3) is 0 Å². The van der Waals surface area contributed by atoms with E-state index in [9.17, 15) is 19.2 Å². The number of carbonyl (C=O) groups is 4. The van der Waals surface area contributed by atoms with Gasteiger partial charge in [-0.05, 0) is 62.4 Å². The highest BCUT2D eigenvalue weighted by atomic mass is 16.6. The third kappa shape index (κ3) is 9.87. The van der Waals surface area contributed by atoms with Crippen molar-refractivity contribution >= 4 is 23.9 Å². The largest absolute Gasteiger partial charge is 0.481 e. The number of methoxy groups -OCH3 is 1. The number of aliphatic carboxylic acids is 1. The summed E-state index contributed by atoms with van der Waals surface area (Å²) in [4.78, 5) is 47.2. The van der Waals surface area contributed by atoms with E-state index in [0.717, 1.165) is 16.7 Å². The summed E-state index contributed by atoms with van der Waals surface area (Å²) in [5, 5.41) is 14.1. The number of carboxylic acid groups (broad SMARTS) is 1. The van der Waals surface area contributed by atoms with E-state index in [2.05, 4.69) is 10.6 Å². The Labute approximate surface area is 204 Å². The number of esters is 1. The predicted octanol–water partition coefficient (Wildman–Crippen LogP) is 3.44. The lowest BCUT2D eigenvalue weighted by Gasteiger charge is -2.23. The number of carbonyl (C=O) groups excluding carboxylic acids is 3. The van der Waals surface area contributed by atoms with Gasteiger partial charge in [-0.25, -0.2) is 9.59 Å². The van der Waals surface area contributed by atoms with Crippen molar-refractivity contribution in [1.29, 1.82) is 0 Å². The third-order valence-electron chi connectivity index (χ3n) is 4.93. The van der Waals surface area contributed by atoms with Gasteiger partial charge >= 0.3 is 18.0 Å². The molecule has 0 unspecified atom stereocenters. The van der Waals surface area contributed by atoms with Gasteiger partial charge in [0.05, 0.1) is 12.7 Å². The molecule has 0 aliphatic heterocycles. The molecule has 2 rings (SSSR count). The average Bonchev–Trinajstić information content (AvgIpc) is 2.79. The Bertz CT molecular complexity index is 1030. The van der Waals surface area contributed by atoms with Gasteiger partial charge in [-0.15, -0.1) is 0 Å². The number of rotatable bonds is 10. The number of hydrogen-bond acceptors (Lipinski definition) is 6. The molecule has 0 fully saturated rings. The van der Waals surface area contributed by atoms with Crippen LogP contribution in [-0.4, -0.2) is 47.8 Å². The van der Waals surface area contributed by atoms with Gasteiger partial charge < -0.3 is 25.2 Å². The van der Waals surface area contributed by atoms with E-state index in [1.165, 1.54) is 7.11 Å². The molecule has 9 heteroatoms. The third-order valence-corrected chi connectivity index (χ3v) is 4.93. The Morgan fingerprint density at radius 1 is 0.914 bits per heavy atom. The lowest BCUT2D eigenvalue weighted by molar-refractivity contribution is -0.137. The molecule has 2 aromatic carbocycles. The first-order valence-corrected chi connectivity index (χ1v) is 11.2. The van der Waals surface area contributed by atoms with Crippen LogP contribution in [0.15, 0.2) is 48.5 Å². The number of ether oxygens (including phenoxy) is 2. The van der Waals surface area contributed by atoms with E-state index in [4.69, 9.17) is 14.6 Å². The summed E-state index contributed by atoms with van der Waals surface area (Å²) in [6.07, 6.45) is -0.449. The molecular formula is C26H32N2O7. The summed E-state index contributed by atoms with van der Waals surface area (Å²) >= 11 is 0. The standard InChI is InChI=1S/C26H32N2O7/c1-26(2,3)35-25(33)28-21(13-14-22(29)30)23(31)27-16-19-7-5-17(6-8-19)15-18-9-11-20(12-10-18)24(32)34-4/h5-12,21H,13-16H2,1-4H3,(H,27,31)(H,28,33)(H,29,30)/t21-/m0/s1. The number of nitrogens with one attached hydrogen (secondary N) is 2. The molecule has 0 aliphatic carbocycles. The maximum atomic E-state index is 12.6. The molecule has 1 atom stereocenters. The highest BCUT2D eigenvalue weighted by molar-refractivity contribution is 5.89. The molecule has 0 saturated carbocycles. The van der Waals surface area contributed by atoms with Crippen LogP contribution in [0.5, 0.6) is 0 Å². The van der Waals surface area contributed by atoms with Crippen molar-refractivity contribution in [2.75, 3.05) is 7.11 Å². The fourth-order valence-electron chi connectivity index (χ4n) is 3.19. The van der Waals surface area contributed by atoms with Crippen LogP contribution in [0, 0.1) is 0 Å². The number of hydrogen-bond donors (Lipinski definition) is 3. The smallest absolute Gasteiger partial charge is 0.408 e. The number of carboxylic acids is 1. The second kappa shape index (κ2) is 12.5. The molecular weight excluding hydrogens is 452 g/mol. The Morgan fingerprint density at radius 2 is 1.46 bits per heavy atom. The van der Waals surface area contributed by atoms with Gasteiger partial charge in [-0.3, -0.25) is 9.59 Å². The molecule has 0 radical (unpaired) electrons. The molecule has 3 N–H and O–H groups in total. The second-order valence-electron chi connectivity index (χ2n) is 9.03. The Hall–Kier alpha value is -3.88. The summed E-state index contributed by atoms with van der Waals surface area (Å²) in [7, 11) is 1.34. The van der Waals surface area contributed by atoms with E-state index < -0.39 is 29.6 Å². The van der Waals surface area contributed by atoms with Gasteiger partial charge in [0.1, 0.15) is 11.6 Å². The molecule has 2 aromatic rings. The number of amides is 2. The van der Waals surface area contributed by atoms with Crippen molar-refractivity contribution in [3.05, 3.63) is 70.8 Å². The molecule has 2 amide bonds. The molecule has 35 heavy (non-hydrogen) atoms. The van der Waals surface area contributed by atoms with E-state index in [1.54, 1.807) is 32.9 Å². The molecule has 9 nitrogen and oxygen atoms in total. The summed E-state index contributed by atoms with van der Waals surface area (Å²) in [6.45, 7) is 5.30. The zero-order valence-electron chi connectivity index (χ0n) is 20.4. The molecule has 0 saturated heterocycles.